The fraction of sp³-hybridized carbons (Fsp3) is 0.235. The number of carbonyl (C=O) groups is 1. The van der Waals surface area contributed by atoms with Crippen LogP contribution >= 0.6 is 11.6 Å². The monoisotopic (exact) mass is 302 g/mol. The summed E-state index contributed by atoms with van der Waals surface area (Å²) in [6, 6.07) is 11.8. The first kappa shape index (κ1) is 15.4. The highest BCUT2D eigenvalue weighted by Gasteiger charge is 2.04. The van der Waals surface area contributed by atoms with E-state index in [-0.39, 0.29) is 5.91 Å². The summed E-state index contributed by atoms with van der Waals surface area (Å²) in [6.45, 7) is 6.43. The zero-order valence-electron chi connectivity index (χ0n) is 12.5. The van der Waals surface area contributed by atoms with E-state index < -0.39 is 0 Å². The molecule has 4 heteroatoms. The van der Waals surface area contributed by atoms with Crippen LogP contribution in [-0.4, -0.2) is 5.91 Å². The molecule has 2 N–H and O–H groups in total. The van der Waals surface area contributed by atoms with Crippen LogP contribution in [0.4, 0.5) is 11.4 Å². The van der Waals surface area contributed by atoms with E-state index in [1.54, 1.807) is 6.07 Å². The van der Waals surface area contributed by atoms with E-state index in [0.29, 0.717) is 10.7 Å². The number of aryl methyl sites for hydroxylation is 1. The average Bonchev–Trinajstić information content (AvgIpc) is 2.43. The number of benzene rings is 2. The van der Waals surface area contributed by atoms with E-state index in [4.69, 9.17) is 11.6 Å². The van der Waals surface area contributed by atoms with Gasteiger partial charge in [0, 0.05) is 19.2 Å². The molecule has 3 nitrogen and oxygen atoms in total. The fourth-order valence-electron chi connectivity index (χ4n) is 2.12. The van der Waals surface area contributed by atoms with Gasteiger partial charge >= 0.3 is 0 Å². The molecule has 0 unspecified atom stereocenters. The molecule has 0 heterocycles. The average molecular weight is 303 g/mol. The maximum atomic E-state index is 11.0. The summed E-state index contributed by atoms with van der Waals surface area (Å²) in [7, 11) is 0. The van der Waals surface area contributed by atoms with Crippen LogP contribution in [0.1, 0.15) is 23.6 Å². The summed E-state index contributed by atoms with van der Waals surface area (Å²) >= 11 is 6.16. The summed E-state index contributed by atoms with van der Waals surface area (Å²) in [6.07, 6.45) is 0. The van der Waals surface area contributed by atoms with Crippen LogP contribution in [0.25, 0.3) is 0 Å². The Labute approximate surface area is 130 Å². The van der Waals surface area contributed by atoms with Gasteiger partial charge in [0.25, 0.3) is 0 Å². The van der Waals surface area contributed by atoms with E-state index in [2.05, 4.69) is 42.7 Å². The number of hydrogen-bond donors (Lipinski definition) is 2. The number of halogens is 1. The minimum absolute atomic E-state index is 0.131. The van der Waals surface area contributed by atoms with Gasteiger partial charge in [-0.1, -0.05) is 29.8 Å². The zero-order valence-corrected chi connectivity index (χ0v) is 13.2. The highest BCUT2D eigenvalue weighted by Crippen LogP contribution is 2.26. The lowest BCUT2D eigenvalue weighted by molar-refractivity contribution is -0.114. The molecule has 0 saturated carbocycles. The van der Waals surface area contributed by atoms with Gasteiger partial charge in [0.15, 0.2) is 0 Å². The molecular formula is C17H19ClN2O. The first-order valence-corrected chi connectivity index (χ1v) is 7.21. The van der Waals surface area contributed by atoms with Crippen molar-refractivity contribution in [3.63, 3.8) is 0 Å². The third-order valence-electron chi connectivity index (χ3n) is 3.48. The maximum Gasteiger partial charge on any atom is 0.221 e. The Hall–Kier alpha value is -2.00. The van der Waals surface area contributed by atoms with Gasteiger partial charge in [-0.15, -0.1) is 0 Å². The number of rotatable bonds is 4. The minimum atomic E-state index is -0.131. The van der Waals surface area contributed by atoms with Gasteiger partial charge in [0.2, 0.25) is 5.91 Å². The number of nitrogens with one attached hydrogen (secondary N) is 2. The molecule has 2 aromatic rings. The lowest BCUT2D eigenvalue weighted by Crippen LogP contribution is -2.07. The molecule has 0 bridgehead atoms. The van der Waals surface area contributed by atoms with Crippen molar-refractivity contribution in [1.29, 1.82) is 0 Å². The lowest BCUT2D eigenvalue weighted by Gasteiger charge is -2.12. The Morgan fingerprint density at radius 1 is 1.19 bits per heavy atom. The number of carbonyl (C=O) groups excluding carboxylic acids is 1. The zero-order chi connectivity index (χ0) is 15.4. The molecule has 0 spiro atoms. The highest BCUT2D eigenvalue weighted by molar-refractivity contribution is 6.34. The molecule has 0 fully saturated rings. The second-order valence-corrected chi connectivity index (χ2v) is 5.50. The predicted octanol–water partition coefficient (Wildman–Crippen LogP) is 4.53. The van der Waals surface area contributed by atoms with Crippen LogP contribution < -0.4 is 10.6 Å². The van der Waals surface area contributed by atoms with Gasteiger partial charge in [0.05, 0.1) is 10.7 Å². The molecule has 0 aliphatic heterocycles. The van der Waals surface area contributed by atoms with Crippen molar-refractivity contribution in [3.05, 3.63) is 58.1 Å². The molecule has 0 atom stereocenters. The quantitative estimate of drug-likeness (QED) is 0.871. The van der Waals surface area contributed by atoms with Gasteiger partial charge in [-0.3, -0.25) is 4.79 Å². The third-order valence-corrected chi connectivity index (χ3v) is 3.79. The van der Waals surface area contributed by atoms with Crippen LogP contribution in [0.5, 0.6) is 0 Å². The van der Waals surface area contributed by atoms with E-state index in [9.17, 15) is 4.79 Å². The maximum absolute atomic E-state index is 11.0. The van der Waals surface area contributed by atoms with Crippen LogP contribution in [0, 0.1) is 13.8 Å². The van der Waals surface area contributed by atoms with Crippen molar-refractivity contribution in [1.82, 2.24) is 0 Å². The Kier molecular flexibility index (Phi) is 4.86. The van der Waals surface area contributed by atoms with Crippen LogP contribution in [0.3, 0.4) is 0 Å². The smallest absolute Gasteiger partial charge is 0.221 e. The van der Waals surface area contributed by atoms with Crippen LogP contribution in [0.15, 0.2) is 36.4 Å². The number of hydrogen-bond acceptors (Lipinski definition) is 2. The van der Waals surface area contributed by atoms with Crippen LogP contribution in [-0.2, 0) is 11.3 Å². The van der Waals surface area contributed by atoms with Gasteiger partial charge in [0.1, 0.15) is 0 Å². The molecule has 0 radical (unpaired) electrons. The van der Waals surface area contributed by atoms with Crippen molar-refractivity contribution in [2.75, 3.05) is 10.6 Å². The topological polar surface area (TPSA) is 41.1 Å². The standard InChI is InChI=1S/C17H19ClN2O/c1-11-5-4-6-14(12(11)2)10-19-15-7-8-17(16(18)9-15)20-13(3)21/h4-9,19H,10H2,1-3H3,(H,20,21). The molecule has 0 saturated heterocycles. The van der Waals surface area contributed by atoms with Crippen molar-refractivity contribution in [3.8, 4) is 0 Å². The van der Waals surface area contributed by atoms with Gasteiger partial charge < -0.3 is 10.6 Å². The van der Waals surface area contributed by atoms with Gasteiger partial charge in [-0.25, -0.2) is 0 Å². The summed E-state index contributed by atoms with van der Waals surface area (Å²) in [5, 5.41) is 6.57. The van der Waals surface area contributed by atoms with Crippen molar-refractivity contribution in [2.45, 2.75) is 27.3 Å². The van der Waals surface area contributed by atoms with Gasteiger partial charge in [-0.2, -0.15) is 0 Å². The van der Waals surface area contributed by atoms with Crippen LogP contribution in [0.2, 0.25) is 5.02 Å². The van der Waals surface area contributed by atoms with Crippen molar-refractivity contribution < 1.29 is 4.79 Å². The Morgan fingerprint density at radius 2 is 1.95 bits per heavy atom. The van der Waals surface area contributed by atoms with E-state index in [1.165, 1.54) is 23.6 Å². The molecule has 21 heavy (non-hydrogen) atoms. The number of anilines is 2. The molecule has 2 rings (SSSR count). The van der Waals surface area contributed by atoms with E-state index in [0.717, 1.165) is 12.2 Å². The summed E-state index contributed by atoms with van der Waals surface area (Å²) in [5.74, 6) is -0.131. The summed E-state index contributed by atoms with van der Waals surface area (Å²) in [5.41, 5.74) is 5.40. The predicted molar refractivity (Wildman–Crippen MR) is 89.0 cm³/mol. The first-order valence-electron chi connectivity index (χ1n) is 6.83. The fourth-order valence-corrected chi connectivity index (χ4v) is 2.34. The van der Waals surface area contributed by atoms with Crippen molar-refractivity contribution >= 4 is 28.9 Å². The Bertz CT molecular complexity index is 668. The lowest BCUT2D eigenvalue weighted by atomic mass is 10.0. The van der Waals surface area contributed by atoms with E-state index in [1.807, 2.05) is 12.1 Å². The number of amides is 1. The summed E-state index contributed by atoms with van der Waals surface area (Å²) in [4.78, 5) is 11.0. The third kappa shape index (κ3) is 3.99. The minimum Gasteiger partial charge on any atom is -0.381 e. The molecular weight excluding hydrogens is 284 g/mol. The molecule has 1 amide bonds. The largest absolute Gasteiger partial charge is 0.381 e. The summed E-state index contributed by atoms with van der Waals surface area (Å²) < 4.78 is 0. The normalized spacial score (nSPS) is 10.3. The molecule has 0 aliphatic carbocycles. The Balaban J connectivity index is 2.08. The Morgan fingerprint density at radius 3 is 2.62 bits per heavy atom. The second-order valence-electron chi connectivity index (χ2n) is 5.09. The molecule has 0 aliphatic rings. The van der Waals surface area contributed by atoms with Crippen molar-refractivity contribution in [2.24, 2.45) is 0 Å². The SMILES string of the molecule is CC(=O)Nc1ccc(NCc2cccc(C)c2C)cc1Cl. The molecule has 110 valence electrons. The highest BCUT2D eigenvalue weighted by atomic mass is 35.5. The van der Waals surface area contributed by atoms with E-state index >= 15 is 0 Å². The first-order chi connectivity index (χ1) is 9.97. The van der Waals surface area contributed by atoms with Gasteiger partial charge in [-0.05, 0) is 48.7 Å². The molecule has 0 aromatic heterocycles. The molecule has 2 aromatic carbocycles. The second kappa shape index (κ2) is 6.64.